The van der Waals surface area contributed by atoms with Gasteiger partial charge in [-0.1, -0.05) is 27.7 Å². The number of ether oxygens (including phenoxy) is 1. The molecular formula is C15H27NO4. The second-order valence-electron chi connectivity index (χ2n) is 6.98. The molecule has 0 saturated carbocycles. The summed E-state index contributed by atoms with van der Waals surface area (Å²) in [6.45, 7) is 9.43. The van der Waals surface area contributed by atoms with Crippen LogP contribution in [0.25, 0.3) is 0 Å². The van der Waals surface area contributed by atoms with E-state index >= 15 is 0 Å². The minimum atomic E-state index is -0.987. The van der Waals surface area contributed by atoms with E-state index in [0.717, 1.165) is 12.8 Å². The number of amides is 1. The molecule has 1 saturated heterocycles. The van der Waals surface area contributed by atoms with Crippen LogP contribution in [-0.2, 0) is 14.3 Å². The average Bonchev–Trinajstić information content (AvgIpc) is 2.75. The molecule has 3 atom stereocenters. The number of nitrogens with one attached hydrogen (secondary N) is 1. The molecule has 1 rings (SSSR count). The van der Waals surface area contributed by atoms with Crippen LogP contribution in [0.1, 0.15) is 53.4 Å². The van der Waals surface area contributed by atoms with Gasteiger partial charge < -0.3 is 15.2 Å². The summed E-state index contributed by atoms with van der Waals surface area (Å²) >= 11 is 0. The van der Waals surface area contributed by atoms with E-state index in [2.05, 4.69) is 33.0 Å². The van der Waals surface area contributed by atoms with Crippen molar-refractivity contribution in [2.75, 3.05) is 6.54 Å². The quantitative estimate of drug-likeness (QED) is 0.784. The van der Waals surface area contributed by atoms with Crippen LogP contribution in [0, 0.1) is 11.3 Å². The highest BCUT2D eigenvalue weighted by atomic mass is 16.5. The van der Waals surface area contributed by atoms with Crippen LogP contribution in [0.2, 0.25) is 0 Å². The first-order valence-electron chi connectivity index (χ1n) is 7.35. The third-order valence-electron chi connectivity index (χ3n) is 3.48. The molecule has 0 aromatic rings. The van der Waals surface area contributed by atoms with Crippen LogP contribution in [0.15, 0.2) is 0 Å². The van der Waals surface area contributed by atoms with Gasteiger partial charge in [0.15, 0.2) is 6.10 Å². The standard InChI is InChI=1S/C15H27NO4/c1-10(9-15(2,3)4)7-8-16-13(17)11-5-6-12(20-11)14(18)19/h10-12H,5-9H2,1-4H3,(H,16,17)(H,18,19)/t10?,11-,12+/m0/s1. The van der Waals surface area contributed by atoms with Gasteiger partial charge in [-0.3, -0.25) is 4.79 Å². The summed E-state index contributed by atoms with van der Waals surface area (Å²) in [4.78, 5) is 22.6. The summed E-state index contributed by atoms with van der Waals surface area (Å²) in [6.07, 6.45) is 1.51. The van der Waals surface area contributed by atoms with E-state index in [4.69, 9.17) is 9.84 Å². The third-order valence-corrected chi connectivity index (χ3v) is 3.48. The number of hydrogen-bond acceptors (Lipinski definition) is 3. The van der Waals surface area contributed by atoms with Crippen LogP contribution in [0.3, 0.4) is 0 Å². The molecule has 0 aromatic heterocycles. The molecule has 5 heteroatoms. The highest BCUT2D eigenvalue weighted by molar-refractivity contribution is 5.82. The number of carbonyl (C=O) groups excluding carboxylic acids is 1. The lowest BCUT2D eigenvalue weighted by Gasteiger charge is -2.23. The summed E-state index contributed by atoms with van der Waals surface area (Å²) in [5.74, 6) is -0.623. The van der Waals surface area contributed by atoms with Gasteiger partial charge in [0.2, 0.25) is 5.91 Å². The molecule has 0 aliphatic carbocycles. The van der Waals surface area contributed by atoms with Crippen molar-refractivity contribution in [3.8, 4) is 0 Å². The van der Waals surface area contributed by atoms with Gasteiger partial charge in [0.1, 0.15) is 6.10 Å². The number of hydrogen-bond donors (Lipinski definition) is 2. The van der Waals surface area contributed by atoms with E-state index in [1.54, 1.807) is 0 Å². The first-order valence-corrected chi connectivity index (χ1v) is 7.35. The Bertz CT molecular complexity index is 348. The molecule has 1 aliphatic rings. The van der Waals surface area contributed by atoms with Gasteiger partial charge in [0.25, 0.3) is 0 Å². The van der Waals surface area contributed by atoms with Gasteiger partial charge in [-0.05, 0) is 37.0 Å². The van der Waals surface area contributed by atoms with Crippen molar-refractivity contribution in [3.05, 3.63) is 0 Å². The molecule has 116 valence electrons. The normalized spacial score (nSPS) is 24.4. The predicted molar refractivity (Wildman–Crippen MR) is 76.4 cm³/mol. The minimum Gasteiger partial charge on any atom is -0.479 e. The second-order valence-corrected chi connectivity index (χ2v) is 6.98. The summed E-state index contributed by atoms with van der Waals surface area (Å²) in [5.41, 5.74) is 0.298. The fourth-order valence-corrected chi connectivity index (χ4v) is 2.71. The van der Waals surface area contributed by atoms with Crippen molar-refractivity contribution in [3.63, 3.8) is 0 Å². The van der Waals surface area contributed by atoms with Gasteiger partial charge in [-0.2, -0.15) is 0 Å². The van der Waals surface area contributed by atoms with E-state index in [1.807, 2.05) is 0 Å². The monoisotopic (exact) mass is 285 g/mol. The summed E-state index contributed by atoms with van der Waals surface area (Å²) in [6, 6.07) is 0. The van der Waals surface area contributed by atoms with Gasteiger partial charge in [-0.15, -0.1) is 0 Å². The van der Waals surface area contributed by atoms with Crippen molar-refractivity contribution in [1.82, 2.24) is 5.32 Å². The molecule has 5 nitrogen and oxygen atoms in total. The summed E-state index contributed by atoms with van der Waals surface area (Å²) in [7, 11) is 0. The lowest BCUT2D eigenvalue weighted by Crippen LogP contribution is -2.36. The molecule has 1 fully saturated rings. The molecule has 1 amide bonds. The van der Waals surface area contributed by atoms with Gasteiger partial charge in [0.05, 0.1) is 0 Å². The fraction of sp³-hybridized carbons (Fsp3) is 0.867. The SMILES string of the molecule is CC(CCNC(=O)[C@@H]1CC[C@H](C(=O)O)O1)CC(C)(C)C. The Hall–Kier alpha value is -1.10. The van der Waals surface area contributed by atoms with Gasteiger partial charge >= 0.3 is 5.97 Å². The van der Waals surface area contributed by atoms with Crippen LogP contribution in [-0.4, -0.2) is 35.7 Å². The smallest absolute Gasteiger partial charge is 0.332 e. The summed E-state index contributed by atoms with van der Waals surface area (Å²) < 4.78 is 5.21. The minimum absolute atomic E-state index is 0.184. The molecule has 1 aliphatic heterocycles. The third kappa shape index (κ3) is 5.90. The van der Waals surface area contributed by atoms with Crippen molar-refractivity contribution < 1.29 is 19.4 Å². The number of rotatable bonds is 6. The maximum absolute atomic E-state index is 11.9. The van der Waals surface area contributed by atoms with E-state index in [-0.39, 0.29) is 5.91 Å². The Morgan fingerprint density at radius 1 is 1.30 bits per heavy atom. The van der Waals surface area contributed by atoms with Gasteiger partial charge in [-0.25, -0.2) is 4.79 Å². The van der Waals surface area contributed by atoms with Crippen LogP contribution in [0.5, 0.6) is 0 Å². The predicted octanol–water partition coefficient (Wildman–Crippen LogP) is 2.20. The van der Waals surface area contributed by atoms with Crippen LogP contribution < -0.4 is 5.32 Å². The molecular weight excluding hydrogens is 258 g/mol. The Morgan fingerprint density at radius 2 is 1.90 bits per heavy atom. The molecule has 0 radical (unpaired) electrons. The molecule has 2 N–H and O–H groups in total. The number of carboxylic acids is 1. The number of aliphatic carboxylic acids is 1. The molecule has 0 aromatic carbocycles. The van der Waals surface area contributed by atoms with Crippen molar-refractivity contribution >= 4 is 11.9 Å². The first kappa shape index (κ1) is 17.0. The van der Waals surface area contributed by atoms with Crippen molar-refractivity contribution in [2.45, 2.75) is 65.6 Å². The summed E-state index contributed by atoms with van der Waals surface area (Å²) in [5, 5.41) is 11.7. The first-order chi connectivity index (χ1) is 9.19. The topological polar surface area (TPSA) is 75.6 Å². The maximum atomic E-state index is 11.9. The molecule has 0 spiro atoms. The second kappa shape index (κ2) is 7.07. The lowest BCUT2D eigenvalue weighted by molar-refractivity contribution is -0.151. The van der Waals surface area contributed by atoms with E-state index in [9.17, 15) is 9.59 Å². The maximum Gasteiger partial charge on any atom is 0.332 e. The highest BCUT2D eigenvalue weighted by Gasteiger charge is 2.34. The van der Waals surface area contributed by atoms with E-state index in [1.165, 1.54) is 0 Å². The molecule has 0 bridgehead atoms. The van der Waals surface area contributed by atoms with Crippen LogP contribution in [0.4, 0.5) is 0 Å². The number of carbonyl (C=O) groups is 2. The average molecular weight is 285 g/mol. The van der Waals surface area contributed by atoms with Crippen molar-refractivity contribution in [2.24, 2.45) is 11.3 Å². The number of carboxylic acid groups (broad SMARTS) is 1. The highest BCUT2D eigenvalue weighted by Crippen LogP contribution is 2.25. The zero-order valence-corrected chi connectivity index (χ0v) is 12.9. The van der Waals surface area contributed by atoms with E-state index in [0.29, 0.717) is 30.7 Å². The largest absolute Gasteiger partial charge is 0.479 e. The van der Waals surface area contributed by atoms with Crippen molar-refractivity contribution in [1.29, 1.82) is 0 Å². The lowest BCUT2D eigenvalue weighted by atomic mass is 9.84. The Kier molecular flexibility index (Phi) is 5.99. The van der Waals surface area contributed by atoms with Crippen LogP contribution >= 0.6 is 0 Å². The molecule has 1 heterocycles. The molecule has 20 heavy (non-hydrogen) atoms. The Balaban J connectivity index is 2.23. The van der Waals surface area contributed by atoms with Gasteiger partial charge in [0, 0.05) is 6.54 Å². The zero-order valence-electron chi connectivity index (χ0n) is 12.9. The van der Waals surface area contributed by atoms with E-state index < -0.39 is 18.2 Å². The Labute approximate surface area is 121 Å². The molecule has 1 unspecified atom stereocenters. The fourth-order valence-electron chi connectivity index (χ4n) is 2.71. The Morgan fingerprint density at radius 3 is 2.40 bits per heavy atom. The zero-order chi connectivity index (χ0) is 15.3.